The Morgan fingerprint density at radius 1 is 1.03 bits per heavy atom. The Hall–Kier alpha value is -4.25. The first-order valence-corrected chi connectivity index (χ1v) is 10.4. The van der Waals surface area contributed by atoms with Gasteiger partial charge in [0.15, 0.2) is 0 Å². The zero-order valence-corrected chi connectivity index (χ0v) is 17.9. The standard InChI is InChI=1S/C23H19F2N7O2/c1-13(11-33)32-12-28-19-17(14-5-3-2-4-6-14)7-16(8-18(19)32)29-23-26-9-15(10-27-23)21-30-31-22(34-21)20(24)25/h2-10,12-13,20,33H,11H2,1H3,(H,26,27,29). The fourth-order valence-electron chi connectivity index (χ4n) is 3.55. The molecular formula is C23H19F2N7O2. The van der Waals surface area contributed by atoms with Gasteiger partial charge in [-0.3, -0.25) is 0 Å². The Kier molecular flexibility index (Phi) is 5.68. The van der Waals surface area contributed by atoms with Crippen LogP contribution in [0.15, 0.2) is 65.6 Å². The number of fused-ring (bicyclic) bond motifs is 1. The van der Waals surface area contributed by atoms with Gasteiger partial charge in [0.1, 0.15) is 0 Å². The van der Waals surface area contributed by atoms with Crippen molar-refractivity contribution in [3.63, 3.8) is 0 Å². The Labute approximate surface area is 192 Å². The van der Waals surface area contributed by atoms with Crippen molar-refractivity contribution in [1.29, 1.82) is 0 Å². The molecule has 0 spiro atoms. The minimum Gasteiger partial charge on any atom is -0.415 e. The molecule has 5 aromatic rings. The molecule has 34 heavy (non-hydrogen) atoms. The van der Waals surface area contributed by atoms with E-state index in [1.165, 1.54) is 12.4 Å². The molecule has 0 bridgehead atoms. The SMILES string of the molecule is CC(CO)n1cnc2c(-c3ccccc3)cc(Nc3ncc(-c4nnc(C(F)F)o4)cn3)cc21. The summed E-state index contributed by atoms with van der Waals surface area (Å²) in [5, 5.41) is 19.7. The summed E-state index contributed by atoms with van der Waals surface area (Å²) in [5.41, 5.74) is 4.57. The summed E-state index contributed by atoms with van der Waals surface area (Å²) in [6, 6.07) is 13.5. The topological polar surface area (TPSA) is 115 Å². The lowest BCUT2D eigenvalue weighted by molar-refractivity contribution is 0.116. The number of aromatic nitrogens is 6. The van der Waals surface area contributed by atoms with Crippen molar-refractivity contribution in [1.82, 2.24) is 29.7 Å². The molecule has 0 aliphatic carbocycles. The number of alkyl halides is 2. The summed E-state index contributed by atoms with van der Waals surface area (Å²) in [7, 11) is 0. The zero-order valence-electron chi connectivity index (χ0n) is 17.9. The zero-order chi connectivity index (χ0) is 23.7. The molecule has 2 N–H and O–H groups in total. The van der Waals surface area contributed by atoms with Crippen LogP contribution in [0.2, 0.25) is 0 Å². The molecule has 0 radical (unpaired) electrons. The largest absolute Gasteiger partial charge is 0.415 e. The molecule has 0 saturated carbocycles. The Bertz CT molecular complexity index is 1420. The molecule has 0 aliphatic rings. The average Bonchev–Trinajstić information content (AvgIpc) is 3.52. The maximum atomic E-state index is 12.7. The molecule has 172 valence electrons. The first-order valence-electron chi connectivity index (χ1n) is 10.4. The third-order valence-electron chi connectivity index (χ3n) is 5.29. The van der Waals surface area contributed by atoms with Gasteiger partial charge in [0.2, 0.25) is 5.95 Å². The van der Waals surface area contributed by atoms with E-state index in [1.54, 1.807) is 6.33 Å². The molecule has 9 nitrogen and oxygen atoms in total. The second kappa shape index (κ2) is 8.94. The molecule has 2 aromatic carbocycles. The minimum absolute atomic E-state index is 0.0305. The van der Waals surface area contributed by atoms with E-state index in [0.29, 0.717) is 11.3 Å². The summed E-state index contributed by atoms with van der Waals surface area (Å²) in [6.07, 6.45) is 1.68. The van der Waals surface area contributed by atoms with Crippen LogP contribution in [0.1, 0.15) is 25.3 Å². The molecule has 0 saturated heterocycles. The van der Waals surface area contributed by atoms with Gasteiger partial charge in [0.25, 0.3) is 11.8 Å². The molecule has 3 aromatic heterocycles. The van der Waals surface area contributed by atoms with Gasteiger partial charge in [-0.2, -0.15) is 8.78 Å². The highest BCUT2D eigenvalue weighted by atomic mass is 19.3. The monoisotopic (exact) mass is 463 g/mol. The predicted molar refractivity (Wildman–Crippen MR) is 121 cm³/mol. The van der Waals surface area contributed by atoms with Crippen LogP contribution in [0.25, 0.3) is 33.6 Å². The number of hydrogen-bond donors (Lipinski definition) is 2. The summed E-state index contributed by atoms with van der Waals surface area (Å²) in [6.45, 7) is 1.87. The van der Waals surface area contributed by atoms with Gasteiger partial charge in [0.05, 0.1) is 35.6 Å². The first kappa shape index (κ1) is 21.6. The van der Waals surface area contributed by atoms with E-state index in [2.05, 4.69) is 30.5 Å². The van der Waals surface area contributed by atoms with Crippen molar-refractivity contribution in [3.05, 3.63) is 67.1 Å². The van der Waals surface area contributed by atoms with E-state index < -0.39 is 12.3 Å². The van der Waals surface area contributed by atoms with Crippen molar-refractivity contribution in [2.24, 2.45) is 0 Å². The molecule has 0 aliphatic heterocycles. The summed E-state index contributed by atoms with van der Waals surface area (Å²) < 4.78 is 32.2. The van der Waals surface area contributed by atoms with Crippen LogP contribution in [0.4, 0.5) is 20.4 Å². The predicted octanol–water partition coefficient (Wildman–Crippen LogP) is 4.78. The van der Waals surface area contributed by atoms with Crippen LogP contribution in [0, 0.1) is 0 Å². The molecule has 0 fully saturated rings. The van der Waals surface area contributed by atoms with Crippen molar-refractivity contribution >= 4 is 22.7 Å². The fourth-order valence-corrected chi connectivity index (χ4v) is 3.55. The third-order valence-corrected chi connectivity index (χ3v) is 5.29. The number of benzene rings is 2. The lowest BCUT2D eigenvalue weighted by Crippen LogP contribution is -2.08. The van der Waals surface area contributed by atoms with Crippen molar-refractivity contribution in [2.75, 3.05) is 11.9 Å². The lowest BCUT2D eigenvalue weighted by Gasteiger charge is -2.14. The Morgan fingerprint density at radius 2 is 1.79 bits per heavy atom. The lowest BCUT2D eigenvalue weighted by atomic mass is 10.0. The van der Waals surface area contributed by atoms with Crippen LogP contribution in [-0.2, 0) is 0 Å². The van der Waals surface area contributed by atoms with E-state index in [4.69, 9.17) is 4.42 Å². The average molecular weight is 463 g/mol. The van der Waals surface area contributed by atoms with Gasteiger partial charge in [0, 0.05) is 23.6 Å². The Balaban J connectivity index is 1.50. The van der Waals surface area contributed by atoms with Gasteiger partial charge in [-0.05, 0) is 24.6 Å². The van der Waals surface area contributed by atoms with Gasteiger partial charge in [-0.15, -0.1) is 10.2 Å². The molecule has 1 atom stereocenters. The summed E-state index contributed by atoms with van der Waals surface area (Å²) >= 11 is 0. The van der Waals surface area contributed by atoms with Crippen LogP contribution >= 0.6 is 0 Å². The van der Waals surface area contributed by atoms with Gasteiger partial charge < -0.3 is 19.4 Å². The quantitative estimate of drug-likeness (QED) is 0.354. The molecule has 0 amide bonds. The molecule has 1 unspecified atom stereocenters. The van der Waals surface area contributed by atoms with Gasteiger partial charge >= 0.3 is 6.43 Å². The third kappa shape index (κ3) is 4.08. The number of aliphatic hydroxyl groups is 1. The van der Waals surface area contributed by atoms with Crippen molar-refractivity contribution < 1.29 is 18.3 Å². The fraction of sp³-hybridized carbons (Fsp3) is 0.174. The second-order valence-corrected chi connectivity index (χ2v) is 7.61. The molecule has 5 rings (SSSR count). The number of imidazole rings is 1. The molecule has 3 heterocycles. The van der Waals surface area contributed by atoms with E-state index in [9.17, 15) is 13.9 Å². The van der Waals surface area contributed by atoms with E-state index in [1.807, 2.05) is 54.0 Å². The maximum absolute atomic E-state index is 12.7. The van der Waals surface area contributed by atoms with E-state index in [-0.39, 0.29) is 24.5 Å². The molecule has 11 heteroatoms. The van der Waals surface area contributed by atoms with E-state index >= 15 is 0 Å². The number of rotatable bonds is 7. The van der Waals surface area contributed by atoms with Crippen LogP contribution < -0.4 is 5.32 Å². The normalized spacial score (nSPS) is 12.4. The number of nitrogens with zero attached hydrogens (tertiary/aromatic N) is 6. The van der Waals surface area contributed by atoms with Gasteiger partial charge in [-0.1, -0.05) is 30.3 Å². The summed E-state index contributed by atoms with van der Waals surface area (Å²) in [5.74, 6) is -0.554. The van der Waals surface area contributed by atoms with Crippen LogP contribution in [0.3, 0.4) is 0 Å². The highest BCUT2D eigenvalue weighted by Crippen LogP contribution is 2.33. The molecular weight excluding hydrogens is 444 g/mol. The Morgan fingerprint density at radius 3 is 2.47 bits per heavy atom. The first-order chi connectivity index (χ1) is 16.5. The van der Waals surface area contributed by atoms with Crippen molar-refractivity contribution in [2.45, 2.75) is 19.4 Å². The number of hydrogen-bond acceptors (Lipinski definition) is 8. The van der Waals surface area contributed by atoms with Gasteiger partial charge in [-0.25, -0.2) is 15.0 Å². The second-order valence-electron chi connectivity index (χ2n) is 7.61. The number of halogens is 2. The number of anilines is 2. The van der Waals surface area contributed by atoms with Crippen LogP contribution in [-0.4, -0.2) is 41.4 Å². The number of aliphatic hydroxyl groups excluding tert-OH is 1. The van der Waals surface area contributed by atoms with E-state index in [0.717, 1.165) is 22.2 Å². The smallest absolute Gasteiger partial charge is 0.314 e. The highest BCUT2D eigenvalue weighted by molar-refractivity contribution is 5.95. The highest BCUT2D eigenvalue weighted by Gasteiger charge is 2.18. The maximum Gasteiger partial charge on any atom is 0.314 e. The van der Waals surface area contributed by atoms with Crippen LogP contribution in [0.5, 0.6) is 0 Å². The minimum atomic E-state index is -2.85. The van der Waals surface area contributed by atoms with Crippen molar-refractivity contribution in [3.8, 4) is 22.6 Å². The number of nitrogens with one attached hydrogen (secondary N) is 1. The summed E-state index contributed by atoms with van der Waals surface area (Å²) in [4.78, 5) is 13.1.